The molecular weight excluding hydrogens is 516 g/mol. The van der Waals surface area contributed by atoms with Gasteiger partial charge in [0, 0.05) is 11.3 Å². The first-order valence-electron chi connectivity index (χ1n) is 11.7. The van der Waals surface area contributed by atoms with Crippen molar-refractivity contribution in [3.8, 4) is 0 Å². The van der Waals surface area contributed by atoms with Crippen LogP contribution in [0.1, 0.15) is 51.8 Å². The van der Waals surface area contributed by atoms with E-state index in [-0.39, 0.29) is 22.4 Å². The Hall–Kier alpha value is -5.97. The fourth-order valence-corrected chi connectivity index (χ4v) is 4.08. The molecule has 0 radical (unpaired) electrons. The van der Waals surface area contributed by atoms with E-state index in [2.05, 4.69) is 15.5 Å². The molecule has 0 fully saturated rings. The number of nitrogens with zero attached hydrogens (tertiary/aromatic N) is 3. The number of imide groups is 1. The van der Waals surface area contributed by atoms with E-state index in [1.807, 2.05) is 18.2 Å². The smallest absolute Gasteiger partial charge is 0.336 e. The third-order valence-corrected chi connectivity index (χ3v) is 6.03. The van der Waals surface area contributed by atoms with Gasteiger partial charge in [0.1, 0.15) is 0 Å². The number of anilines is 2. The number of hydrogen-bond donors (Lipinski definition) is 3. The number of nitrogens with one attached hydrogen (secondary N) is 1. The van der Waals surface area contributed by atoms with Gasteiger partial charge in [0.05, 0.1) is 39.3 Å². The van der Waals surface area contributed by atoms with E-state index < -0.39 is 40.8 Å². The maximum Gasteiger partial charge on any atom is 0.336 e. The Morgan fingerprint density at radius 3 is 1.93 bits per heavy atom. The fraction of sp³-hybridized carbons (Fsp3) is 0. The van der Waals surface area contributed by atoms with E-state index in [4.69, 9.17) is 5.11 Å². The first kappa shape index (κ1) is 25.7. The van der Waals surface area contributed by atoms with Crippen molar-refractivity contribution in [2.24, 2.45) is 10.2 Å². The van der Waals surface area contributed by atoms with Crippen molar-refractivity contribution in [2.75, 3.05) is 10.2 Å². The molecule has 4 aromatic rings. The van der Waals surface area contributed by atoms with E-state index in [0.29, 0.717) is 17.1 Å². The molecular formula is C29H18N4O7. The Kier molecular flexibility index (Phi) is 6.69. The molecule has 0 saturated carbocycles. The second-order valence-electron chi connectivity index (χ2n) is 8.58. The minimum atomic E-state index is -1.47. The molecule has 1 heterocycles. The molecule has 196 valence electrons. The van der Waals surface area contributed by atoms with Crippen LogP contribution >= 0.6 is 0 Å². The van der Waals surface area contributed by atoms with Crippen LogP contribution in [-0.4, -0.2) is 39.9 Å². The molecule has 0 bridgehead atoms. The third kappa shape index (κ3) is 4.94. The highest BCUT2D eigenvalue weighted by molar-refractivity contribution is 6.34. The number of carbonyl (C=O) groups excluding carboxylic acids is 3. The first-order chi connectivity index (χ1) is 19.2. The molecule has 0 aliphatic carbocycles. The number of carboxylic acid groups (broad SMARTS) is 2. The van der Waals surface area contributed by atoms with Crippen LogP contribution in [0.2, 0.25) is 0 Å². The minimum absolute atomic E-state index is 0.0259. The quantitative estimate of drug-likeness (QED) is 0.206. The lowest BCUT2D eigenvalue weighted by atomic mass is 10.0. The summed E-state index contributed by atoms with van der Waals surface area (Å²) < 4.78 is 0. The van der Waals surface area contributed by atoms with Crippen molar-refractivity contribution in [3.05, 3.63) is 119 Å². The number of azo groups is 1. The lowest BCUT2D eigenvalue weighted by molar-refractivity contribution is 0.0651. The van der Waals surface area contributed by atoms with Crippen molar-refractivity contribution in [1.82, 2.24) is 0 Å². The second-order valence-corrected chi connectivity index (χ2v) is 8.58. The lowest BCUT2D eigenvalue weighted by Crippen LogP contribution is -2.29. The fourth-order valence-electron chi connectivity index (χ4n) is 4.08. The SMILES string of the molecule is O=C(Nc1ccc(C(=O)O)c(C(=O)O)c1)c1ccc2c(c1)C(=O)N(c1ccc(N=Nc3ccccc3)cc1)C2=O. The molecule has 0 aromatic heterocycles. The number of amides is 3. The standard InChI is InChI=1S/C29H18N4O7/c34-25(30-19-9-13-22(28(37)38)24(15-19)29(39)40)16-6-12-21-23(14-16)27(36)33(26(21)35)20-10-7-18(8-11-20)32-31-17-4-2-1-3-5-17/h1-15H,(H,30,34)(H,37,38)(H,39,40). The Bertz CT molecular complexity index is 1730. The second kappa shape index (κ2) is 10.4. The topological polar surface area (TPSA) is 166 Å². The summed E-state index contributed by atoms with van der Waals surface area (Å²) >= 11 is 0. The average Bonchev–Trinajstić information content (AvgIpc) is 3.21. The number of hydrogen-bond acceptors (Lipinski definition) is 7. The molecule has 11 heteroatoms. The molecule has 0 unspecified atom stereocenters. The zero-order valence-corrected chi connectivity index (χ0v) is 20.4. The van der Waals surface area contributed by atoms with Gasteiger partial charge in [0.15, 0.2) is 0 Å². The molecule has 1 aliphatic heterocycles. The molecule has 3 amide bonds. The van der Waals surface area contributed by atoms with Gasteiger partial charge in [-0.05, 0) is 72.8 Å². The number of fused-ring (bicyclic) bond motifs is 1. The molecule has 40 heavy (non-hydrogen) atoms. The van der Waals surface area contributed by atoms with E-state index >= 15 is 0 Å². The largest absolute Gasteiger partial charge is 0.478 e. The minimum Gasteiger partial charge on any atom is -0.478 e. The highest BCUT2D eigenvalue weighted by atomic mass is 16.4. The molecule has 5 rings (SSSR count). The van der Waals surface area contributed by atoms with E-state index in [1.165, 1.54) is 24.3 Å². The summed E-state index contributed by atoms with van der Waals surface area (Å²) in [7, 11) is 0. The summed E-state index contributed by atoms with van der Waals surface area (Å²) in [5.74, 6) is -4.75. The van der Waals surface area contributed by atoms with Gasteiger partial charge in [0.25, 0.3) is 17.7 Å². The van der Waals surface area contributed by atoms with Gasteiger partial charge in [-0.3, -0.25) is 14.4 Å². The van der Waals surface area contributed by atoms with Gasteiger partial charge >= 0.3 is 11.9 Å². The Morgan fingerprint density at radius 2 is 1.27 bits per heavy atom. The number of aromatic carboxylic acids is 2. The van der Waals surface area contributed by atoms with Crippen molar-refractivity contribution < 1.29 is 34.2 Å². The summed E-state index contributed by atoms with van der Waals surface area (Å²) in [5, 5.41) is 29.2. The molecule has 0 saturated heterocycles. The van der Waals surface area contributed by atoms with Crippen LogP contribution in [0.5, 0.6) is 0 Å². The normalized spacial score (nSPS) is 12.4. The van der Waals surface area contributed by atoms with Crippen molar-refractivity contribution in [3.63, 3.8) is 0 Å². The van der Waals surface area contributed by atoms with E-state index in [0.717, 1.165) is 17.0 Å². The Labute approximate surface area is 226 Å². The Balaban J connectivity index is 1.34. The monoisotopic (exact) mass is 534 g/mol. The van der Waals surface area contributed by atoms with Crippen LogP contribution < -0.4 is 10.2 Å². The number of carbonyl (C=O) groups is 5. The van der Waals surface area contributed by atoms with E-state index in [1.54, 1.807) is 36.4 Å². The van der Waals surface area contributed by atoms with E-state index in [9.17, 15) is 29.1 Å². The third-order valence-electron chi connectivity index (χ3n) is 6.03. The van der Waals surface area contributed by atoms with Crippen LogP contribution in [-0.2, 0) is 0 Å². The molecule has 11 nitrogen and oxygen atoms in total. The molecule has 0 atom stereocenters. The van der Waals surface area contributed by atoms with Crippen LogP contribution in [0.15, 0.2) is 101 Å². The van der Waals surface area contributed by atoms with Crippen LogP contribution in [0.4, 0.5) is 22.7 Å². The van der Waals surface area contributed by atoms with Crippen LogP contribution in [0.25, 0.3) is 0 Å². The summed E-state index contributed by atoms with van der Waals surface area (Å²) in [6.07, 6.45) is 0. The van der Waals surface area contributed by atoms with Gasteiger partial charge in [-0.15, -0.1) is 0 Å². The number of benzene rings is 4. The van der Waals surface area contributed by atoms with Gasteiger partial charge in [-0.2, -0.15) is 10.2 Å². The molecule has 4 aromatic carbocycles. The number of carboxylic acids is 2. The molecule has 3 N–H and O–H groups in total. The predicted octanol–water partition coefficient (Wildman–Crippen LogP) is 5.55. The molecule has 0 spiro atoms. The summed E-state index contributed by atoms with van der Waals surface area (Å²) in [5.41, 5.74) is 0.806. The zero-order chi connectivity index (χ0) is 28.4. The van der Waals surface area contributed by atoms with Crippen molar-refractivity contribution >= 4 is 52.4 Å². The molecule has 1 aliphatic rings. The predicted molar refractivity (Wildman–Crippen MR) is 143 cm³/mol. The summed E-state index contributed by atoms with van der Waals surface area (Å²) in [6, 6.07) is 22.8. The summed E-state index contributed by atoms with van der Waals surface area (Å²) in [4.78, 5) is 62.7. The van der Waals surface area contributed by atoms with Crippen LogP contribution in [0.3, 0.4) is 0 Å². The highest BCUT2D eigenvalue weighted by Gasteiger charge is 2.37. The van der Waals surface area contributed by atoms with Gasteiger partial charge in [-0.25, -0.2) is 14.5 Å². The highest BCUT2D eigenvalue weighted by Crippen LogP contribution is 2.31. The van der Waals surface area contributed by atoms with Gasteiger partial charge in [0.2, 0.25) is 0 Å². The zero-order valence-electron chi connectivity index (χ0n) is 20.4. The van der Waals surface area contributed by atoms with Gasteiger partial charge < -0.3 is 15.5 Å². The summed E-state index contributed by atoms with van der Waals surface area (Å²) in [6.45, 7) is 0. The first-order valence-corrected chi connectivity index (χ1v) is 11.7. The van der Waals surface area contributed by atoms with Crippen LogP contribution in [0, 0.1) is 0 Å². The maximum atomic E-state index is 13.2. The maximum absolute atomic E-state index is 13.2. The lowest BCUT2D eigenvalue weighted by Gasteiger charge is -2.13. The Morgan fingerprint density at radius 1 is 0.650 bits per heavy atom. The number of rotatable bonds is 7. The van der Waals surface area contributed by atoms with Crippen molar-refractivity contribution in [1.29, 1.82) is 0 Å². The van der Waals surface area contributed by atoms with Crippen molar-refractivity contribution in [2.45, 2.75) is 0 Å². The van der Waals surface area contributed by atoms with Gasteiger partial charge in [-0.1, -0.05) is 18.2 Å². The average molecular weight is 534 g/mol.